The molecule has 1 aromatic heterocycles. The fourth-order valence-electron chi connectivity index (χ4n) is 2.97. The number of rotatable bonds is 11. The lowest BCUT2D eigenvalue weighted by atomic mass is 10.2. The van der Waals surface area contributed by atoms with Crippen LogP contribution in [-0.4, -0.2) is 37.1 Å². The van der Waals surface area contributed by atoms with Gasteiger partial charge in [0, 0.05) is 34.9 Å². The van der Waals surface area contributed by atoms with Gasteiger partial charge in [0.05, 0.1) is 12.1 Å². The lowest BCUT2D eigenvalue weighted by Gasteiger charge is -2.09. The highest BCUT2D eigenvalue weighted by atomic mass is 32.1. The predicted octanol–water partition coefficient (Wildman–Crippen LogP) is 4.23. The van der Waals surface area contributed by atoms with E-state index in [0.717, 1.165) is 30.0 Å². The van der Waals surface area contributed by atoms with Gasteiger partial charge in [0.25, 0.3) is 11.8 Å². The molecule has 0 saturated heterocycles. The Morgan fingerprint density at radius 2 is 1.88 bits per heavy atom. The fraction of sp³-hybridized carbons (Fsp3) is 0.292. The molecular formula is C24H27N3O4S. The van der Waals surface area contributed by atoms with E-state index in [1.807, 2.05) is 6.92 Å². The molecule has 0 atom stereocenters. The van der Waals surface area contributed by atoms with Crippen molar-refractivity contribution in [2.75, 3.05) is 25.6 Å². The van der Waals surface area contributed by atoms with Gasteiger partial charge < -0.3 is 20.1 Å². The van der Waals surface area contributed by atoms with Crippen molar-refractivity contribution in [3.05, 3.63) is 70.2 Å². The van der Waals surface area contributed by atoms with Crippen molar-refractivity contribution >= 4 is 28.8 Å². The summed E-state index contributed by atoms with van der Waals surface area (Å²) in [5.41, 5.74) is 2.24. The largest absolute Gasteiger partial charge is 0.497 e. The number of hydrogen-bond acceptors (Lipinski definition) is 6. The van der Waals surface area contributed by atoms with Gasteiger partial charge in [-0.3, -0.25) is 9.59 Å². The maximum Gasteiger partial charge on any atom is 0.262 e. The smallest absolute Gasteiger partial charge is 0.262 e. The molecule has 0 bridgehead atoms. The zero-order chi connectivity index (χ0) is 22.8. The second kappa shape index (κ2) is 11.9. The molecule has 0 unspecified atom stereocenters. The molecule has 2 amide bonds. The van der Waals surface area contributed by atoms with Crippen LogP contribution in [-0.2, 0) is 11.2 Å². The number of nitrogens with zero attached hydrogens (tertiary/aromatic N) is 1. The number of unbranched alkanes of at least 4 members (excludes halogenated alkanes) is 1. The third-order valence-electron chi connectivity index (χ3n) is 4.61. The first-order valence-electron chi connectivity index (χ1n) is 10.4. The van der Waals surface area contributed by atoms with Crippen LogP contribution in [0.2, 0.25) is 0 Å². The lowest BCUT2D eigenvalue weighted by Crippen LogP contribution is -2.24. The molecule has 8 heteroatoms. The Morgan fingerprint density at radius 3 is 2.59 bits per heavy atom. The van der Waals surface area contributed by atoms with Crippen LogP contribution in [0.1, 0.15) is 33.9 Å². The number of methoxy groups -OCH3 is 1. The number of benzene rings is 2. The van der Waals surface area contributed by atoms with E-state index in [0.29, 0.717) is 29.3 Å². The molecule has 0 fully saturated rings. The van der Waals surface area contributed by atoms with Gasteiger partial charge in [-0.1, -0.05) is 6.07 Å². The minimum atomic E-state index is -0.284. The Balaban J connectivity index is 1.36. The molecule has 3 aromatic rings. The second-order valence-electron chi connectivity index (χ2n) is 7.19. The summed E-state index contributed by atoms with van der Waals surface area (Å²) in [6.45, 7) is 2.47. The highest BCUT2D eigenvalue weighted by Gasteiger charge is 2.08. The quantitative estimate of drug-likeness (QED) is 0.424. The molecule has 3 rings (SSSR count). The van der Waals surface area contributed by atoms with Crippen molar-refractivity contribution in [3.63, 3.8) is 0 Å². The van der Waals surface area contributed by atoms with Crippen molar-refractivity contribution < 1.29 is 19.1 Å². The zero-order valence-corrected chi connectivity index (χ0v) is 19.0. The van der Waals surface area contributed by atoms with Gasteiger partial charge >= 0.3 is 0 Å². The molecule has 0 aliphatic rings. The second-order valence-corrected chi connectivity index (χ2v) is 8.13. The summed E-state index contributed by atoms with van der Waals surface area (Å²) < 4.78 is 10.6. The van der Waals surface area contributed by atoms with Gasteiger partial charge in [-0.2, -0.15) is 0 Å². The minimum absolute atomic E-state index is 0.127. The van der Waals surface area contributed by atoms with Crippen LogP contribution < -0.4 is 20.1 Å². The lowest BCUT2D eigenvalue weighted by molar-refractivity contribution is -0.118. The monoisotopic (exact) mass is 453 g/mol. The molecule has 7 nitrogen and oxygen atoms in total. The fourth-order valence-corrected chi connectivity index (χ4v) is 3.79. The Hall–Kier alpha value is -3.39. The third kappa shape index (κ3) is 7.39. The van der Waals surface area contributed by atoms with Crippen LogP contribution in [0.4, 0.5) is 5.69 Å². The summed E-state index contributed by atoms with van der Waals surface area (Å²) in [5.74, 6) is 0.763. The molecule has 0 aliphatic heterocycles. The minimum Gasteiger partial charge on any atom is -0.497 e. The predicted molar refractivity (Wildman–Crippen MR) is 126 cm³/mol. The summed E-state index contributed by atoms with van der Waals surface area (Å²) in [7, 11) is 1.57. The molecule has 32 heavy (non-hydrogen) atoms. The normalized spacial score (nSPS) is 10.4. The Bertz CT molecular complexity index is 1030. The van der Waals surface area contributed by atoms with E-state index in [-0.39, 0.29) is 18.4 Å². The average molecular weight is 454 g/mol. The topological polar surface area (TPSA) is 89.5 Å². The number of anilines is 1. The van der Waals surface area contributed by atoms with Crippen molar-refractivity contribution in [1.82, 2.24) is 10.3 Å². The third-order valence-corrected chi connectivity index (χ3v) is 5.64. The molecule has 168 valence electrons. The Kier molecular flexibility index (Phi) is 8.62. The van der Waals surface area contributed by atoms with Crippen LogP contribution in [0.15, 0.2) is 53.9 Å². The molecule has 0 saturated carbocycles. The number of carbonyl (C=O) groups excluding carboxylic acids is 2. The first-order valence-corrected chi connectivity index (χ1v) is 11.3. The Morgan fingerprint density at radius 1 is 1.06 bits per heavy atom. The van der Waals surface area contributed by atoms with Crippen LogP contribution >= 0.6 is 11.3 Å². The van der Waals surface area contributed by atoms with Gasteiger partial charge in [-0.05, 0) is 62.6 Å². The summed E-state index contributed by atoms with van der Waals surface area (Å²) in [6.07, 6.45) is 2.82. The van der Waals surface area contributed by atoms with Gasteiger partial charge in [-0.25, -0.2) is 4.98 Å². The van der Waals surface area contributed by atoms with Crippen molar-refractivity contribution in [2.24, 2.45) is 0 Å². The maximum absolute atomic E-state index is 12.3. The number of nitrogens with one attached hydrogen (secondary N) is 2. The number of amides is 2. The van der Waals surface area contributed by atoms with Crippen LogP contribution in [0.25, 0.3) is 0 Å². The summed E-state index contributed by atoms with van der Waals surface area (Å²) in [5, 5.41) is 8.87. The molecule has 2 N–H and O–H groups in total. The van der Waals surface area contributed by atoms with E-state index in [9.17, 15) is 9.59 Å². The number of carbonyl (C=O) groups is 2. The maximum atomic E-state index is 12.3. The molecule has 0 radical (unpaired) electrons. The molecular weight excluding hydrogens is 426 g/mol. The molecule has 0 spiro atoms. The first kappa shape index (κ1) is 23.3. The van der Waals surface area contributed by atoms with Crippen LogP contribution in [0.3, 0.4) is 0 Å². The summed E-state index contributed by atoms with van der Waals surface area (Å²) in [4.78, 5) is 28.8. The molecule has 0 aliphatic carbocycles. The van der Waals surface area contributed by atoms with Crippen molar-refractivity contribution in [3.8, 4) is 11.5 Å². The van der Waals surface area contributed by atoms with Gasteiger partial charge in [0.2, 0.25) is 0 Å². The van der Waals surface area contributed by atoms with E-state index in [2.05, 4.69) is 21.0 Å². The summed E-state index contributed by atoms with van der Waals surface area (Å²) in [6, 6.07) is 13.8. The van der Waals surface area contributed by atoms with Gasteiger partial charge in [-0.15, -0.1) is 11.3 Å². The highest BCUT2D eigenvalue weighted by Crippen LogP contribution is 2.17. The van der Waals surface area contributed by atoms with Gasteiger partial charge in [0.15, 0.2) is 6.61 Å². The van der Waals surface area contributed by atoms with E-state index in [1.165, 1.54) is 0 Å². The van der Waals surface area contributed by atoms with Crippen LogP contribution in [0.5, 0.6) is 11.5 Å². The Labute approximate surface area is 191 Å². The zero-order valence-electron chi connectivity index (χ0n) is 18.2. The van der Waals surface area contributed by atoms with E-state index < -0.39 is 0 Å². The molecule has 2 aromatic carbocycles. The number of aromatic nitrogens is 1. The SMILES string of the molecule is COc1cccc(NC(=O)COc2ccc(C(=O)NCCCCc3nc(C)cs3)cc2)c1. The van der Waals surface area contributed by atoms with E-state index in [4.69, 9.17) is 9.47 Å². The number of thiazole rings is 1. The highest BCUT2D eigenvalue weighted by molar-refractivity contribution is 7.09. The summed E-state index contributed by atoms with van der Waals surface area (Å²) >= 11 is 1.68. The number of aryl methyl sites for hydroxylation is 2. The van der Waals surface area contributed by atoms with Crippen LogP contribution in [0, 0.1) is 6.92 Å². The standard InChI is InChI=1S/C24H27N3O4S/c1-17-16-32-23(26-17)8-3-4-13-25-24(29)18-9-11-20(12-10-18)31-15-22(28)27-19-6-5-7-21(14-19)30-2/h5-7,9-12,14,16H,3-4,8,13,15H2,1-2H3,(H,25,29)(H,27,28). The number of ether oxygens (including phenoxy) is 2. The van der Waals surface area contributed by atoms with Crippen molar-refractivity contribution in [1.29, 1.82) is 0 Å². The first-order chi connectivity index (χ1) is 15.5. The van der Waals surface area contributed by atoms with E-state index >= 15 is 0 Å². The number of hydrogen-bond donors (Lipinski definition) is 2. The molecule has 1 heterocycles. The van der Waals surface area contributed by atoms with E-state index in [1.54, 1.807) is 67.0 Å². The average Bonchev–Trinajstić information content (AvgIpc) is 3.22. The van der Waals surface area contributed by atoms with Gasteiger partial charge in [0.1, 0.15) is 11.5 Å². The van der Waals surface area contributed by atoms with Crippen molar-refractivity contribution in [2.45, 2.75) is 26.2 Å².